The summed E-state index contributed by atoms with van der Waals surface area (Å²) in [6.07, 6.45) is 0.281. The molecule has 0 aliphatic heterocycles. The van der Waals surface area contributed by atoms with Crippen LogP contribution in [0.1, 0.15) is 28.6 Å². The van der Waals surface area contributed by atoms with E-state index in [0.717, 1.165) is 32.0 Å². The van der Waals surface area contributed by atoms with Gasteiger partial charge in [0.15, 0.2) is 0 Å². The molecule has 132 valence electrons. The van der Waals surface area contributed by atoms with Crippen LogP contribution in [0.5, 0.6) is 5.75 Å². The first kappa shape index (κ1) is 18.0. The number of nitriles is 1. The second kappa shape index (κ2) is 8.03. The topological polar surface area (TPSA) is 53.3 Å². The van der Waals surface area contributed by atoms with Crippen LogP contribution in [0.2, 0.25) is 0 Å². The van der Waals surface area contributed by atoms with Crippen molar-refractivity contribution in [2.75, 3.05) is 18.1 Å². The van der Waals surface area contributed by atoms with Crippen molar-refractivity contribution >= 4 is 33.0 Å². The number of hydrogen-bond acceptors (Lipinski definition) is 4. The molecule has 0 bridgehead atoms. The summed E-state index contributed by atoms with van der Waals surface area (Å²) in [7, 11) is 0. The Morgan fingerprint density at radius 3 is 2.58 bits per heavy atom. The van der Waals surface area contributed by atoms with Crippen LogP contribution in [0, 0.1) is 18.3 Å². The molecule has 0 atom stereocenters. The van der Waals surface area contributed by atoms with Crippen LogP contribution in [0.3, 0.4) is 0 Å². The van der Waals surface area contributed by atoms with E-state index in [2.05, 4.69) is 6.07 Å². The second-order valence-corrected chi connectivity index (χ2v) is 6.90. The van der Waals surface area contributed by atoms with Gasteiger partial charge in [0.25, 0.3) is 5.91 Å². The molecular formula is C21H20N2O2S. The third kappa shape index (κ3) is 3.56. The first-order valence-corrected chi connectivity index (χ1v) is 9.37. The Labute approximate surface area is 157 Å². The van der Waals surface area contributed by atoms with Gasteiger partial charge in [-0.2, -0.15) is 5.26 Å². The van der Waals surface area contributed by atoms with Gasteiger partial charge in [-0.1, -0.05) is 18.2 Å². The molecule has 0 N–H and O–H groups in total. The van der Waals surface area contributed by atoms with Gasteiger partial charge in [0.1, 0.15) is 5.75 Å². The van der Waals surface area contributed by atoms with Gasteiger partial charge in [-0.3, -0.25) is 4.79 Å². The third-order valence-corrected chi connectivity index (χ3v) is 5.45. The second-order valence-electron chi connectivity index (χ2n) is 5.84. The summed E-state index contributed by atoms with van der Waals surface area (Å²) in [5.74, 6) is 0.699. The number of carbonyl (C=O) groups excluding carboxylic acids is 1. The average molecular weight is 364 g/mol. The number of anilines is 1. The zero-order chi connectivity index (χ0) is 18.5. The Hall–Kier alpha value is -2.84. The molecule has 0 fully saturated rings. The lowest BCUT2D eigenvalue weighted by Crippen LogP contribution is -2.31. The fourth-order valence-electron chi connectivity index (χ4n) is 2.90. The molecule has 3 rings (SSSR count). The van der Waals surface area contributed by atoms with Crippen molar-refractivity contribution in [1.82, 2.24) is 0 Å². The number of benzene rings is 2. The Morgan fingerprint density at radius 1 is 1.19 bits per heavy atom. The van der Waals surface area contributed by atoms with Crippen LogP contribution in [0.15, 0.2) is 48.5 Å². The molecule has 0 aliphatic rings. The maximum atomic E-state index is 13.2. The number of aryl methyl sites for hydroxylation is 1. The van der Waals surface area contributed by atoms with E-state index in [9.17, 15) is 4.79 Å². The molecule has 3 aromatic rings. The van der Waals surface area contributed by atoms with E-state index in [1.54, 1.807) is 4.90 Å². The Bertz CT molecular complexity index is 954. The first-order chi connectivity index (χ1) is 12.7. The number of fused-ring (bicyclic) bond motifs is 1. The van der Waals surface area contributed by atoms with Crippen LogP contribution in [0.25, 0.3) is 10.1 Å². The van der Waals surface area contributed by atoms with E-state index in [1.807, 2.05) is 62.4 Å². The van der Waals surface area contributed by atoms with Crippen LogP contribution in [-0.2, 0) is 0 Å². The minimum atomic E-state index is -0.0666. The largest absolute Gasteiger partial charge is 0.494 e. The average Bonchev–Trinajstić information content (AvgIpc) is 3.00. The van der Waals surface area contributed by atoms with Crippen molar-refractivity contribution in [2.24, 2.45) is 0 Å². The number of ether oxygens (including phenoxy) is 1. The lowest BCUT2D eigenvalue weighted by molar-refractivity contribution is 0.0991. The molecule has 2 aromatic carbocycles. The van der Waals surface area contributed by atoms with Gasteiger partial charge in [0.2, 0.25) is 0 Å². The summed E-state index contributed by atoms with van der Waals surface area (Å²) in [6, 6.07) is 17.6. The van der Waals surface area contributed by atoms with Crippen LogP contribution >= 0.6 is 11.3 Å². The van der Waals surface area contributed by atoms with E-state index in [4.69, 9.17) is 10.00 Å². The predicted molar refractivity (Wildman–Crippen MR) is 106 cm³/mol. The number of rotatable bonds is 6. The lowest BCUT2D eigenvalue weighted by Gasteiger charge is -2.22. The van der Waals surface area contributed by atoms with Gasteiger partial charge in [-0.05, 0) is 55.1 Å². The van der Waals surface area contributed by atoms with E-state index in [-0.39, 0.29) is 12.3 Å². The number of thiophene rings is 1. The molecule has 0 aliphatic carbocycles. The normalized spacial score (nSPS) is 10.5. The number of nitrogens with zero attached hydrogens (tertiary/aromatic N) is 2. The highest BCUT2D eigenvalue weighted by Gasteiger charge is 2.22. The minimum Gasteiger partial charge on any atom is -0.494 e. The van der Waals surface area contributed by atoms with Gasteiger partial charge >= 0.3 is 0 Å². The molecule has 1 aromatic heterocycles. The summed E-state index contributed by atoms with van der Waals surface area (Å²) in [4.78, 5) is 15.6. The molecule has 5 heteroatoms. The lowest BCUT2D eigenvalue weighted by atomic mass is 10.1. The Morgan fingerprint density at radius 2 is 1.92 bits per heavy atom. The highest BCUT2D eigenvalue weighted by molar-refractivity contribution is 7.21. The summed E-state index contributed by atoms with van der Waals surface area (Å²) < 4.78 is 6.57. The zero-order valence-corrected chi connectivity index (χ0v) is 15.7. The van der Waals surface area contributed by atoms with E-state index in [1.165, 1.54) is 11.3 Å². The maximum absolute atomic E-state index is 13.2. The Kier molecular flexibility index (Phi) is 5.55. The van der Waals surface area contributed by atoms with Gasteiger partial charge < -0.3 is 9.64 Å². The molecule has 26 heavy (non-hydrogen) atoms. The molecule has 1 amide bonds. The highest BCUT2D eigenvalue weighted by atomic mass is 32.1. The van der Waals surface area contributed by atoms with E-state index in [0.29, 0.717) is 13.2 Å². The minimum absolute atomic E-state index is 0.0666. The fraction of sp³-hybridized carbons (Fsp3) is 0.238. The van der Waals surface area contributed by atoms with Gasteiger partial charge in [-0.25, -0.2) is 0 Å². The molecular weight excluding hydrogens is 344 g/mol. The first-order valence-electron chi connectivity index (χ1n) is 8.55. The van der Waals surface area contributed by atoms with Crippen molar-refractivity contribution in [3.63, 3.8) is 0 Å². The molecule has 0 radical (unpaired) electrons. The van der Waals surface area contributed by atoms with Crippen molar-refractivity contribution in [3.8, 4) is 11.8 Å². The van der Waals surface area contributed by atoms with Gasteiger partial charge in [0, 0.05) is 16.9 Å². The van der Waals surface area contributed by atoms with E-state index < -0.39 is 0 Å². The van der Waals surface area contributed by atoms with Crippen LogP contribution < -0.4 is 9.64 Å². The molecule has 0 unspecified atom stereocenters. The summed E-state index contributed by atoms with van der Waals surface area (Å²) >= 11 is 1.50. The van der Waals surface area contributed by atoms with Crippen molar-refractivity contribution in [3.05, 3.63) is 59.0 Å². The summed E-state index contributed by atoms with van der Waals surface area (Å²) in [6.45, 7) is 4.86. The van der Waals surface area contributed by atoms with E-state index >= 15 is 0 Å². The quantitative estimate of drug-likeness (QED) is 0.606. The van der Waals surface area contributed by atoms with Crippen molar-refractivity contribution < 1.29 is 9.53 Å². The predicted octanol–water partition coefficient (Wildman–Crippen LogP) is 5.17. The Balaban J connectivity index is 1.97. The van der Waals surface area contributed by atoms with Gasteiger partial charge in [-0.15, -0.1) is 11.3 Å². The summed E-state index contributed by atoms with van der Waals surface area (Å²) in [5, 5.41) is 10.1. The monoisotopic (exact) mass is 364 g/mol. The molecule has 0 spiro atoms. The third-order valence-electron chi connectivity index (χ3n) is 4.19. The van der Waals surface area contributed by atoms with Crippen molar-refractivity contribution in [2.45, 2.75) is 20.3 Å². The SMILES string of the molecule is CCOc1ccc(N(CCC#N)C(=O)c2sc3ccccc3c2C)cc1. The maximum Gasteiger partial charge on any atom is 0.268 e. The van der Waals surface area contributed by atoms with Gasteiger partial charge in [0.05, 0.1) is 24.0 Å². The zero-order valence-electron chi connectivity index (χ0n) is 14.9. The van der Waals surface area contributed by atoms with Crippen LogP contribution in [0.4, 0.5) is 5.69 Å². The fourth-order valence-corrected chi connectivity index (χ4v) is 4.06. The smallest absolute Gasteiger partial charge is 0.268 e. The van der Waals surface area contributed by atoms with Crippen molar-refractivity contribution in [1.29, 1.82) is 5.26 Å². The number of carbonyl (C=O) groups is 1. The summed E-state index contributed by atoms with van der Waals surface area (Å²) in [5.41, 5.74) is 1.76. The van der Waals surface area contributed by atoms with Crippen LogP contribution in [-0.4, -0.2) is 19.1 Å². The number of hydrogen-bond donors (Lipinski definition) is 0. The standard InChI is InChI=1S/C21H20N2O2S/c1-3-25-17-11-9-16(10-12-17)23(14-6-13-22)21(24)20-15(2)18-7-4-5-8-19(18)26-20/h4-5,7-12H,3,6,14H2,1-2H3. The molecule has 1 heterocycles. The number of amides is 1. The highest BCUT2D eigenvalue weighted by Crippen LogP contribution is 2.32. The molecule has 4 nitrogen and oxygen atoms in total. The molecule has 0 saturated carbocycles. The molecule has 0 saturated heterocycles.